The lowest BCUT2D eigenvalue weighted by molar-refractivity contribution is -0.384. The summed E-state index contributed by atoms with van der Waals surface area (Å²) in [4.78, 5) is 19.0. The van der Waals surface area contributed by atoms with Gasteiger partial charge < -0.3 is 0 Å². The van der Waals surface area contributed by atoms with E-state index in [9.17, 15) is 10.1 Å². The highest BCUT2D eigenvalue weighted by atomic mass is 16.6. The van der Waals surface area contributed by atoms with Crippen molar-refractivity contribution in [2.75, 3.05) is 0 Å². The van der Waals surface area contributed by atoms with Crippen LogP contribution in [-0.2, 0) is 0 Å². The fourth-order valence-corrected chi connectivity index (χ4v) is 1.82. The number of hydrogen-bond acceptors (Lipinski definition) is 5. The Balaban J connectivity index is 2.05. The van der Waals surface area contributed by atoms with E-state index in [1.165, 1.54) is 6.07 Å². The molecule has 0 atom stereocenters. The number of rotatable bonds is 3. The second-order valence-corrected chi connectivity index (χ2v) is 4.00. The van der Waals surface area contributed by atoms with Crippen LogP contribution in [0.3, 0.4) is 0 Å². The number of para-hydroxylation sites is 1. The zero-order valence-electron chi connectivity index (χ0n) is 10.2. The molecule has 3 aromatic rings. The van der Waals surface area contributed by atoms with Crippen LogP contribution in [0.1, 0.15) is 0 Å². The van der Waals surface area contributed by atoms with Gasteiger partial charge in [-0.05, 0) is 18.2 Å². The van der Waals surface area contributed by atoms with E-state index in [1.807, 2.05) is 6.07 Å². The molecule has 7 heteroatoms. The van der Waals surface area contributed by atoms with Crippen molar-refractivity contribution >= 4 is 5.69 Å². The molecule has 0 saturated heterocycles. The molecule has 1 aromatic carbocycles. The number of nitrogens with one attached hydrogen (secondary N) is 1. The lowest BCUT2D eigenvalue weighted by Crippen LogP contribution is -1.92. The molecule has 0 radical (unpaired) electrons. The molecule has 0 aliphatic rings. The highest BCUT2D eigenvalue weighted by molar-refractivity contribution is 5.68. The second-order valence-electron chi connectivity index (χ2n) is 4.00. The van der Waals surface area contributed by atoms with Crippen LogP contribution in [0.15, 0.2) is 48.7 Å². The Labute approximate surface area is 113 Å². The lowest BCUT2D eigenvalue weighted by Gasteiger charge is -1.97. The SMILES string of the molecule is O=[N+]([O-])c1ccccc1-c1n[nH]c(-c2ccccn2)n1. The minimum Gasteiger partial charge on any atom is -0.258 e. The molecule has 20 heavy (non-hydrogen) atoms. The molecule has 2 aromatic heterocycles. The van der Waals surface area contributed by atoms with Gasteiger partial charge in [-0.15, -0.1) is 0 Å². The Hall–Kier alpha value is -3.09. The Kier molecular flexibility index (Phi) is 2.92. The molecule has 2 heterocycles. The van der Waals surface area contributed by atoms with Gasteiger partial charge >= 0.3 is 0 Å². The molecule has 3 rings (SSSR count). The Morgan fingerprint density at radius 1 is 1.10 bits per heavy atom. The third kappa shape index (κ3) is 2.12. The van der Waals surface area contributed by atoms with Crippen LogP contribution in [0.4, 0.5) is 5.69 Å². The van der Waals surface area contributed by atoms with Crippen LogP contribution in [0.2, 0.25) is 0 Å². The molecular weight excluding hydrogens is 258 g/mol. The Bertz CT molecular complexity index is 754. The molecule has 0 amide bonds. The van der Waals surface area contributed by atoms with E-state index in [1.54, 1.807) is 36.5 Å². The smallest absolute Gasteiger partial charge is 0.258 e. The van der Waals surface area contributed by atoms with Crippen molar-refractivity contribution in [2.45, 2.75) is 0 Å². The molecular formula is C13H9N5O2. The maximum absolute atomic E-state index is 11.0. The van der Waals surface area contributed by atoms with E-state index < -0.39 is 4.92 Å². The third-order valence-electron chi connectivity index (χ3n) is 2.73. The fourth-order valence-electron chi connectivity index (χ4n) is 1.82. The van der Waals surface area contributed by atoms with Crippen molar-refractivity contribution in [3.05, 3.63) is 58.8 Å². The number of benzene rings is 1. The molecule has 0 saturated carbocycles. The lowest BCUT2D eigenvalue weighted by atomic mass is 10.2. The average Bonchev–Trinajstić information content (AvgIpc) is 2.98. The van der Waals surface area contributed by atoms with Crippen LogP contribution in [0.25, 0.3) is 22.9 Å². The Morgan fingerprint density at radius 3 is 2.65 bits per heavy atom. The first-order valence-electron chi connectivity index (χ1n) is 5.83. The maximum Gasteiger partial charge on any atom is 0.280 e. The molecule has 0 aliphatic heterocycles. The summed E-state index contributed by atoms with van der Waals surface area (Å²) in [6.45, 7) is 0. The van der Waals surface area contributed by atoms with Crippen molar-refractivity contribution in [2.24, 2.45) is 0 Å². The molecule has 0 fully saturated rings. The van der Waals surface area contributed by atoms with Gasteiger partial charge in [-0.1, -0.05) is 18.2 Å². The predicted molar refractivity (Wildman–Crippen MR) is 71.7 cm³/mol. The average molecular weight is 267 g/mol. The second kappa shape index (κ2) is 4.88. The van der Waals surface area contributed by atoms with Gasteiger partial charge in [-0.25, -0.2) is 4.98 Å². The van der Waals surface area contributed by atoms with Crippen LogP contribution >= 0.6 is 0 Å². The number of H-pyrrole nitrogens is 1. The van der Waals surface area contributed by atoms with Crippen LogP contribution in [0, 0.1) is 10.1 Å². The molecule has 7 nitrogen and oxygen atoms in total. The van der Waals surface area contributed by atoms with Gasteiger partial charge in [0, 0.05) is 12.3 Å². The number of pyridine rings is 1. The number of aromatic amines is 1. The predicted octanol–water partition coefficient (Wildman–Crippen LogP) is 2.44. The molecule has 0 unspecified atom stereocenters. The number of aromatic nitrogens is 4. The largest absolute Gasteiger partial charge is 0.280 e. The van der Waals surface area contributed by atoms with E-state index >= 15 is 0 Å². The summed E-state index contributed by atoms with van der Waals surface area (Å²) < 4.78 is 0. The van der Waals surface area contributed by atoms with Gasteiger partial charge in [-0.3, -0.25) is 20.2 Å². The summed E-state index contributed by atoms with van der Waals surface area (Å²) in [6.07, 6.45) is 1.64. The number of nitro groups is 1. The van der Waals surface area contributed by atoms with Crippen molar-refractivity contribution in [1.29, 1.82) is 0 Å². The highest BCUT2D eigenvalue weighted by Gasteiger charge is 2.18. The maximum atomic E-state index is 11.0. The summed E-state index contributed by atoms with van der Waals surface area (Å²) in [7, 11) is 0. The molecule has 1 N–H and O–H groups in total. The molecule has 98 valence electrons. The minimum absolute atomic E-state index is 0.0286. The summed E-state index contributed by atoms with van der Waals surface area (Å²) >= 11 is 0. The van der Waals surface area contributed by atoms with Gasteiger partial charge in [0.1, 0.15) is 5.69 Å². The van der Waals surface area contributed by atoms with Gasteiger partial charge in [0.05, 0.1) is 10.5 Å². The number of nitrogens with zero attached hydrogens (tertiary/aromatic N) is 4. The van der Waals surface area contributed by atoms with Crippen molar-refractivity contribution < 1.29 is 4.92 Å². The van der Waals surface area contributed by atoms with Gasteiger partial charge in [0.25, 0.3) is 5.69 Å². The van der Waals surface area contributed by atoms with Crippen LogP contribution in [-0.4, -0.2) is 25.1 Å². The highest BCUT2D eigenvalue weighted by Crippen LogP contribution is 2.27. The normalized spacial score (nSPS) is 10.4. The quantitative estimate of drug-likeness (QED) is 0.580. The summed E-state index contributed by atoms with van der Waals surface area (Å²) in [5, 5.41) is 17.8. The number of hydrogen-bond donors (Lipinski definition) is 1. The van der Waals surface area contributed by atoms with E-state index in [0.717, 1.165) is 0 Å². The van der Waals surface area contributed by atoms with Crippen molar-refractivity contribution in [3.63, 3.8) is 0 Å². The minimum atomic E-state index is -0.452. The zero-order chi connectivity index (χ0) is 13.9. The summed E-state index contributed by atoms with van der Waals surface area (Å²) in [5.74, 6) is 0.747. The summed E-state index contributed by atoms with van der Waals surface area (Å²) in [6, 6.07) is 11.8. The summed E-state index contributed by atoms with van der Waals surface area (Å²) in [5.41, 5.74) is 0.972. The van der Waals surface area contributed by atoms with Crippen LogP contribution in [0.5, 0.6) is 0 Å². The van der Waals surface area contributed by atoms with Crippen molar-refractivity contribution in [3.8, 4) is 22.9 Å². The Morgan fingerprint density at radius 2 is 1.90 bits per heavy atom. The zero-order valence-corrected chi connectivity index (χ0v) is 10.2. The van der Waals surface area contributed by atoms with Gasteiger partial charge in [0.15, 0.2) is 11.6 Å². The molecule has 0 aliphatic carbocycles. The third-order valence-corrected chi connectivity index (χ3v) is 2.73. The van der Waals surface area contributed by atoms with Crippen LogP contribution < -0.4 is 0 Å². The first-order chi connectivity index (χ1) is 9.75. The first kappa shape index (κ1) is 12.0. The van der Waals surface area contributed by atoms with Gasteiger partial charge in [-0.2, -0.15) is 5.10 Å². The molecule has 0 spiro atoms. The van der Waals surface area contributed by atoms with Crippen molar-refractivity contribution in [1.82, 2.24) is 20.2 Å². The number of nitro benzene ring substituents is 1. The first-order valence-corrected chi connectivity index (χ1v) is 5.83. The fraction of sp³-hybridized carbons (Fsp3) is 0. The monoisotopic (exact) mass is 267 g/mol. The van der Waals surface area contributed by atoms with Gasteiger partial charge in [0.2, 0.25) is 0 Å². The van der Waals surface area contributed by atoms with E-state index in [2.05, 4.69) is 20.2 Å². The molecule has 0 bridgehead atoms. The topological polar surface area (TPSA) is 97.6 Å². The van der Waals surface area contributed by atoms with E-state index in [4.69, 9.17) is 0 Å². The van der Waals surface area contributed by atoms with E-state index in [0.29, 0.717) is 17.1 Å². The van der Waals surface area contributed by atoms with E-state index in [-0.39, 0.29) is 11.5 Å². The standard InChI is InChI=1S/C13H9N5O2/c19-18(20)11-7-2-1-5-9(11)12-15-13(17-16-12)10-6-3-4-8-14-10/h1-8H,(H,15,16,17).